The molecule has 0 aliphatic rings. The molecule has 0 heterocycles. The van der Waals surface area contributed by atoms with Crippen LogP contribution in [-0.2, 0) is 6.54 Å². The largest absolute Gasteiger partial charge is 0.316 e. The number of hydrogen-bond acceptors (Lipinski definition) is 2. The van der Waals surface area contributed by atoms with E-state index in [-0.39, 0.29) is 5.82 Å². The number of benzene rings is 1. The molecule has 18 heavy (non-hydrogen) atoms. The molecule has 0 atom stereocenters. The quantitative estimate of drug-likeness (QED) is 0.710. The SMILES string of the molecule is CC(C)CNCCCNCc1ccc(F)cc1Cl. The predicted octanol–water partition coefficient (Wildman–Crippen LogP) is 3.20. The van der Waals surface area contributed by atoms with E-state index < -0.39 is 0 Å². The highest BCUT2D eigenvalue weighted by atomic mass is 35.5. The molecule has 0 radical (unpaired) electrons. The van der Waals surface area contributed by atoms with Crippen molar-refractivity contribution < 1.29 is 4.39 Å². The topological polar surface area (TPSA) is 24.1 Å². The van der Waals surface area contributed by atoms with E-state index in [1.807, 2.05) is 0 Å². The minimum absolute atomic E-state index is 0.290. The first-order valence-electron chi connectivity index (χ1n) is 6.45. The zero-order valence-corrected chi connectivity index (χ0v) is 11.9. The van der Waals surface area contributed by atoms with E-state index in [4.69, 9.17) is 11.6 Å². The van der Waals surface area contributed by atoms with E-state index in [1.165, 1.54) is 12.1 Å². The minimum Gasteiger partial charge on any atom is -0.316 e. The molecule has 4 heteroatoms. The molecule has 2 nitrogen and oxygen atoms in total. The van der Waals surface area contributed by atoms with Gasteiger partial charge in [-0.05, 0) is 49.7 Å². The third kappa shape index (κ3) is 6.34. The Labute approximate surface area is 114 Å². The van der Waals surface area contributed by atoms with Crippen molar-refractivity contribution in [2.24, 2.45) is 5.92 Å². The number of rotatable bonds is 8. The second-order valence-corrected chi connectivity index (χ2v) is 5.27. The zero-order chi connectivity index (χ0) is 13.4. The first-order valence-corrected chi connectivity index (χ1v) is 6.82. The van der Waals surface area contributed by atoms with Crippen molar-refractivity contribution in [3.63, 3.8) is 0 Å². The Morgan fingerprint density at radius 1 is 1.22 bits per heavy atom. The third-order valence-corrected chi connectivity index (χ3v) is 2.94. The lowest BCUT2D eigenvalue weighted by molar-refractivity contribution is 0.530. The summed E-state index contributed by atoms with van der Waals surface area (Å²) in [5.41, 5.74) is 0.938. The molecule has 1 rings (SSSR count). The van der Waals surface area contributed by atoms with Gasteiger partial charge in [-0.2, -0.15) is 0 Å². The van der Waals surface area contributed by atoms with Crippen molar-refractivity contribution in [1.29, 1.82) is 0 Å². The van der Waals surface area contributed by atoms with Gasteiger partial charge in [0.05, 0.1) is 0 Å². The summed E-state index contributed by atoms with van der Waals surface area (Å²) in [5.74, 6) is 0.401. The van der Waals surface area contributed by atoms with Crippen LogP contribution in [0, 0.1) is 11.7 Å². The maximum atomic E-state index is 12.8. The van der Waals surface area contributed by atoms with E-state index in [9.17, 15) is 4.39 Å². The lowest BCUT2D eigenvalue weighted by Crippen LogP contribution is -2.24. The second kappa shape index (κ2) is 8.46. The van der Waals surface area contributed by atoms with Gasteiger partial charge in [-0.1, -0.05) is 31.5 Å². The molecule has 0 saturated heterocycles. The first-order chi connectivity index (χ1) is 8.59. The van der Waals surface area contributed by atoms with Crippen molar-refractivity contribution in [3.05, 3.63) is 34.6 Å². The van der Waals surface area contributed by atoms with E-state index >= 15 is 0 Å². The van der Waals surface area contributed by atoms with Gasteiger partial charge in [0.1, 0.15) is 5.82 Å². The molecular weight excluding hydrogens is 251 g/mol. The van der Waals surface area contributed by atoms with Gasteiger partial charge in [-0.25, -0.2) is 4.39 Å². The molecule has 0 saturated carbocycles. The molecule has 0 aromatic heterocycles. The molecule has 1 aromatic rings. The molecule has 102 valence electrons. The van der Waals surface area contributed by atoms with Gasteiger partial charge < -0.3 is 10.6 Å². The van der Waals surface area contributed by atoms with Gasteiger partial charge >= 0.3 is 0 Å². The normalized spacial score (nSPS) is 11.2. The average Bonchev–Trinajstić information content (AvgIpc) is 2.30. The lowest BCUT2D eigenvalue weighted by atomic mass is 10.2. The van der Waals surface area contributed by atoms with Gasteiger partial charge in [-0.3, -0.25) is 0 Å². The Morgan fingerprint density at radius 3 is 2.61 bits per heavy atom. The van der Waals surface area contributed by atoms with Crippen molar-refractivity contribution >= 4 is 11.6 Å². The summed E-state index contributed by atoms with van der Waals surface area (Å²) in [4.78, 5) is 0. The maximum absolute atomic E-state index is 12.8. The van der Waals surface area contributed by atoms with Crippen molar-refractivity contribution in [2.75, 3.05) is 19.6 Å². The maximum Gasteiger partial charge on any atom is 0.124 e. The Kier molecular flexibility index (Phi) is 7.25. The van der Waals surface area contributed by atoms with Crippen LogP contribution in [0.25, 0.3) is 0 Å². The highest BCUT2D eigenvalue weighted by Crippen LogP contribution is 2.16. The third-order valence-electron chi connectivity index (χ3n) is 2.59. The van der Waals surface area contributed by atoms with Gasteiger partial charge in [0.15, 0.2) is 0 Å². The Bertz CT molecular complexity index is 356. The van der Waals surface area contributed by atoms with Crippen LogP contribution in [0.4, 0.5) is 4.39 Å². The van der Waals surface area contributed by atoms with Crippen molar-refractivity contribution in [1.82, 2.24) is 10.6 Å². The van der Waals surface area contributed by atoms with Crippen LogP contribution in [0.3, 0.4) is 0 Å². The van der Waals surface area contributed by atoms with Crippen LogP contribution in [0.2, 0.25) is 5.02 Å². The van der Waals surface area contributed by atoms with E-state index in [1.54, 1.807) is 6.07 Å². The van der Waals surface area contributed by atoms with E-state index in [0.29, 0.717) is 17.5 Å². The summed E-state index contributed by atoms with van der Waals surface area (Å²) in [5, 5.41) is 7.18. The molecule has 0 amide bonds. The first kappa shape index (κ1) is 15.4. The van der Waals surface area contributed by atoms with Crippen LogP contribution < -0.4 is 10.6 Å². The minimum atomic E-state index is -0.290. The van der Waals surface area contributed by atoms with Crippen LogP contribution in [0.1, 0.15) is 25.8 Å². The van der Waals surface area contributed by atoms with Gasteiger partial charge in [0.2, 0.25) is 0 Å². The fourth-order valence-corrected chi connectivity index (χ4v) is 1.85. The summed E-state index contributed by atoms with van der Waals surface area (Å²) in [6, 6.07) is 4.51. The Morgan fingerprint density at radius 2 is 1.94 bits per heavy atom. The summed E-state index contributed by atoms with van der Waals surface area (Å²) in [6.45, 7) is 8.08. The van der Waals surface area contributed by atoms with Gasteiger partial charge in [0, 0.05) is 11.6 Å². The molecule has 0 unspecified atom stereocenters. The summed E-state index contributed by atoms with van der Waals surface area (Å²) >= 11 is 5.93. The second-order valence-electron chi connectivity index (χ2n) is 4.86. The molecule has 0 spiro atoms. The predicted molar refractivity (Wildman–Crippen MR) is 75.4 cm³/mol. The molecule has 0 aliphatic heterocycles. The number of hydrogen-bond donors (Lipinski definition) is 2. The fourth-order valence-electron chi connectivity index (χ4n) is 1.62. The highest BCUT2D eigenvalue weighted by Gasteiger charge is 2.01. The molecule has 0 fully saturated rings. The average molecular weight is 273 g/mol. The van der Waals surface area contributed by atoms with Crippen LogP contribution in [0.15, 0.2) is 18.2 Å². The lowest BCUT2D eigenvalue weighted by Gasteiger charge is -2.09. The molecule has 1 aromatic carbocycles. The molecule has 2 N–H and O–H groups in total. The summed E-state index contributed by atoms with van der Waals surface area (Å²) in [7, 11) is 0. The standard InChI is InChI=1S/C14H22ClFN2/c1-11(2)9-17-6-3-7-18-10-12-4-5-13(16)8-14(12)15/h4-5,8,11,17-18H,3,6-7,9-10H2,1-2H3. The smallest absolute Gasteiger partial charge is 0.124 e. The van der Waals surface area contributed by atoms with E-state index in [0.717, 1.165) is 31.6 Å². The van der Waals surface area contributed by atoms with Crippen molar-refractivity contribution in [2.45, 2.75) is 26.8 Å². The number of halogens is 2. The van der Waals surface area contributed by atoms with Gasteiger partial charge in [0.25, 0.3) is 0 Å². The fraction of sp³-hybridized carbons (Fsp3) is 0.571. The van der Waals surface area contributed by atoms with Crippen molar-refractivity contribution in [3.8, 4) is 0 Å². The Balaban J connectivity index is 2.11. The van der Waals surface area contributed by atoms with Crippen LogP contribution in [0.5, 0.6) is 0 Å². The Hall–Kier alpha value is -0.640. The van der Waals surface area contributed by atoms with Crippen LogP contribution >= 0.6 is 11.6 Å². The molecular formula is C14H22ClFN2. The van der Waals surface area contributed by atoms with Gasteiger partial charge in [-0.15, -0.1) is 0 Å². The monoisotopic (exact) mass is 272 g/mol. The van der Waals surface area contributed by atoms with Crippen LogP contribution in [-0.4, -0.2) is 19.6 Å². The highest BCUT2D eigenvalue weighted by molar-refractivity contribution is 6.31. The van der Waals surface area contributed by atoms with E-state index in [2.05, 4.69) is 24.5 Å². The zero-order valence-electron chi connectivity index (χ0n) is 11.1. The molecule has 0 bridgehead atoms. The summed E-state index contributed by atoms with van der Waals surface area (Å²) < 4.78 is 12.8. The number of nitrogens with one attached hydrogen (secondary N) is 2. The summed E-state index contributed by atoms with van der Waals surface area (Å²) in [6.07, 6.45) is 1.07. The molecule has 0 aliphatic carbocycles.